The van der Waals surface area contributed by atoms with Crippen LogP contribution >= 0.6 is 15.9 Å². The summed E-state index contributed by atoms with van der Waals surface area (Å²) >= 11 is 3.44. The number of aliphatic hydroxyl groups excluding tert-OH is 1. The summed E-state index contributed by atoms with van der Waals surface area (Å²) in [7, 11) is 0. The Hall–Kier alpha value is -0.870. The molecule has 0 saturated carbocycles. The van der Waals surface area contributed by atoms with E-state index in [-0.39, 0.29) is 12.5 Å². The number of amides is 1. The number of benzene rings is 1. The highest BCUT2D eigenvalue weighted by Gasteiger charge is 2.17. The second-order valence-electron chi connectivity index (χ2n) is 5.26. The molecule has 0 aromatic heterocycles. The number of unbranched alkanes of at least 4 members (excludes halogenated alkanes) is 4. The minimum absolute atomic E-state index is 0.0476. The fourth-order valence-corrected chi connectivity index (χ4v) is 2.74. The van der Waals surface area contributed by atoms with Crippen molar-refractivity contribution < 1.29 is 9.90 Å². The van der Waals surface area contributed by atoms with Gasteiger partial charge < -0.3 is 10.0 Å². The summed E-state index contributed by atoms with van der Waals surface area (Å²) in [4.78, 5) is 14.5. The molecule has 1 aromatic carbocycles. The van der Waals surface area contributed by atoms with Gasteiger partial charge in [-0.3, -0.25) is 4.79 Å². The van der Waals surface area contributed by atoms with Crippen molar-refractivity contribution in [2.45, 2.75) is 45.4 Å². The summed E-state index contributed by atoms with van der Waals surface area (Å²) in [6, 6.07) is 7.52. The van der Waals surface area contributed by atoms with Gasteiger partial charge in [-0.1, -0.05) is 44.7 Å². The Labute approximate surface area is 136 Å². The van der Waals surface area contributed by atoms with Crippen LogP contribution in [0.4, 0.5) is 0 Å². The van der Waals surface area contributed by atoms with E-state index in [1.807, 2.05) is 29.2 Å². The molecule has 0 spiro atoms. The molecule has 0 aliphatic rings. The van der Waals surface area contributed by atoms with Crippen molar-refractivity contribution in [2.24, 2.45) is 0 Å². The lowest BCUT2D eigenvalue weighted by molar-refractivity contribution is 0.0741. The molecular weight excluding hydrogens is 330 g/mol. The number of hydrogen-bond acceptors (Lipinski definition) is 2. The normalized spacial score (nSPS) is 10.6. The SMILES string of the molecule is CCCCCCCN(CCCO)C(=O)c1ccccc1Br. The van der Waals surface area contributed by atoms with Gasteiger partial charge in [-0.05, 0) is 40.9 Å². The zero-order chi connectivity index (χ0) is 15.5. The summed E-state index contributed by atoms with van der Waals surface area (Å²) in [5, 5.41) is 9.02. The molecule has 21 heavy (non-hydrogen) atoms. The molecule has 0 heterocycles. The van der Waals surface area contributed by atoms with Crippen LogP contribution in [0.5, 0.6) is 0 Å². The first-order valence-corrected chi connectivity index (χ1v) is 8.64. The van der Waals surface area contributed by atoms with Crippen molar-refractivity contribution in [3.8, 4) is 0 Å². The number of rotatable bonds is 10. The van der Waals surface area contributed by atoms with Gasteiger partial charge in [0.2, 0.25) is 0 Å². The fraction of sp³-hybridized carbons (Fsp3) is 0.588. The molecule has 0 radical (unpaired) electrons. The molecule has 1 rings (SSSR count). The Morgan fingerprint density at radius 3 is 2.43 bits per heavy atom. The van der Waals surface area contributed by atoms with Crippen LogP contribution in [0.1, 0.15) is 55.8 Å². The van der Waals surface area contributed by atoms with Gasteiger partial charge in [-0.2, -0.15) is 0 Å². The zero-order valence-corrected chi connectivity index (χ0v) is 14.4. The highest BCUT2D eigenvalue weighted by molar-refractivity contribution is 9.10. The summed E-state index contributed by atoms with van der Waals surface area (Å²) in [6.45, 7) is 3.70. The Kier molecular flexibility index (Phi) is 9.35. The van der Waals surface area contributed by atoms with Crippen LogP contribution in [0, 0.1) is 0 Å². The van der Waals surface area contributed by atoms with E-state index in [0.717, 1.165) is 23.9 Å². The molecule has 1 N–H and O–H groups in total. The topological polar surface area (TPSA) is 40.5 Å². The minimum atomic E-state index is 0.0476. The molecule has 0 aliphatic heterocycles. The average molecular weight is 356 g/mol. The van der Waals surface area contributed by atoms with E-state index in [0.29, 0.717) is 18.5 Å². The van der Waals surface area contributed by atoms with Crippen molar-refractivity contribution in [2.75, 3.05) is 19.7 Å². The Bertz CT molecular complexity index is 423. The van der Waals surface area contributed by atoms with E-state index in [4.69, 9.17) is 5.11 Å². The molecule has 1 aromatic rings. The van der Waals surface area contributed by atoms with Crippen molar-refractivity contribution in [1.29, 1.82) is 0 Å². The van der Waals surface area contributed by atoms with Crippen molar-refractivity contribution in [1.82, 2.24) is 4.90 Å². The molecule has 0 saturated heterocycles. The third-order valence-corrected chi connectivity index (χ3v) is 4.20. The monoisotopic (exact) mass is 355 g/mol. The number of aliphatic hydroxyl groups is 1. The van der Waals surface area contributed by atoms with Crippen LogP contribution in [0.15, 0.2) is 28.7 Å². The lowest BCUT2D eigenvalue weighted by atomic mass is 10.1. The van der Waals surface area contributed by atoms with E-state index in [1.165, 1.54) is 19.3 Å². The number of halogens is 1. The maximum atomic E-state index is 12.6. The average Bonchev–Trinajstić information content (AvgIpc) is 2.50. The third-order valence-electron chi connectivity index (χ3n) is 3.51. The number of nitrogens with zero attached hydrogens (tertiary/aromatic N) is 1. The van der Waals surface area contributed by atoms with Crippen LogP contribution in [0.25, 0.3) is 0 Å². The van der Waals surface area contributed by atoms with Crippen molar-refractivity contribution >= 4 is 21.8 Å². The second-order valence-corrected chi connectivity index (χ2v) is 6.12. The fourth-order valence-electron chi connectivity index (χ4n) is 2.29. The Balaban J connectivity index is 2.59. The standard InChI is InChI=1S/C17H26BrNO2/c1-2-3-4-5-8-12-19(13-9-14-20)17(21)15-10-6-7-11-16(15)18/h6-7,10-11,20H,2-5,8-9,12-14H2,1H3. The molecule has 118 valence electrons. The van der Waals surface area contributed by atoms with Gasteiger partial charge in [0.05, 0.1) is 5.56 Å². The largest absolute Gasteiger partial charge is 0.396 e. The summed E-state index contributed by atoms with van der Waals surface area (Å²) < 4.78 is 0.829. The second kappa shape index (κ2) is 10.8. The predicted octanol–water partition coefficient (Wildman–Crippen LogP) is 4.24. The van der Waals surface area contributed by atoms with Crippen LogP contribution < -0.4 is 0 Å². The van der Waals surface area contributed by atoms with E-state index >= 15 is 0 Å². The Morgan fingerprint density at radius 1 is 1.10 bits per heavy atom. The molecule has 0 fully saturated rings. The van der Waals surface area contributed by atoms with E-state index in [9.17, 15) is 4.79 Å². The molecule has 0 unspecified atom stereocenters. The van der Waals surface area contributed by atoms with Gasteiger partial charge in [0.25, 0.3) is 5.91 Å². The van der Waals surface area contributed by atoms with Crippen LogP contribution in [0.2, 0.25) is 0 Å². The maximum absolute atomic E-state index is 12.6. The van der Waals surface area contributed by atoms with E-state index in [1.54, 1.807) is 0 Å². The van der Waals surface area contributed by atoms with Crippen molar-refractivity contribution in [3.05, 3.63) is 34.3 Å². The molecule has 1 amide bonds. The van der Waals surface area contributed by atoms with Gasteiger partial charge in [0.1, 0.15) is 0 Å². The number of carbonyl (C=O) groups is 1. The molecule has 0 atom stereocenters. The molecule has 3 nitrogen and oxygen atoms in total. The number of hydrogen-bond donors (Lipinski definition) is 1. The summed E-state index contributed by atoms with van der Waals surface area (Å²) in [5.41, 5.74) is 0.698. The predicted molar refractivity (Wildman–Crippen MR) is 90.5 cm³/mol. The highest BCUT2D eigenvalue weighted by atomic mass is 79.9. The van der Waals surface area contributed by atoms with Gasteiger partial charge >= 0.3 is 0 Å². The summed E-state index contributed by atoms with van der Waals surface area (Å²) in [6.07, 6.45) is 6.53. The first-order chi connectivity index (χ1) is 10.2. The lowest BCUT2D eigenvalue weighted by Gasteiger charge is -2.23. The molecule has 0 aliphatic carbocycles. The molecular formula is C17H26BrNO2. The maximum Gasteiger partial charge on any atom is 0.254 e. The quantitative estimate of drug-likeness (QED) is 0.637. The van der Waals surface area contributed by atoms with Crippen LogP contribution in [-0.4, -0.2) is 35.6 Å². The minimum Gasteiger partial charge on any atom is -0.396 e. The molecule has 4 heteroatoms. The van der Waals surface area contributed by atoms with E-state index in [2.05, 4.69) is 22.9 Å². The molecule has 0 bridgehead atoms. The van der Waals surface area contributed by atoms with E-state index < -0.39 is 0 Å². The van der Waals surface area contributed by atoms with Gasteiger partial charge in [-0.15, -0.1) is 0 Å². The first-order valence-electron chi connectivity index (χ1n) is 7.85. The Morgan fingerprint density at radius 2 is 1.76 bits per heavy atom. The van der Waals surface area contributed by atoms with Crippen LogP contribution in [-0.2, 0) is 0 Å². The van der Waals surface area contributed by atoms with Crippen LogP contribution in [0.3, 0.4) is 0 Å². The smallest absolute Gasteiger partial charge is 0.254 e. The van der Waals surface area contributed by atoms with Gasteiger partial charge in [0.15, 0.2) is 0 Å². The highest BCUT2D eigenvalue weighted by Crippen LogP contribution is 2.18. The first kappa shape index (κ1) is 18.2. The lowest BCUT2D eigenvalue weighted by Crippen LogP contribution is -2.33. The van der Waals surface area contributed by atoms with Gasteiger partial charge in [-0.25, -0.2) is 0 Å². The van der Waals surface area contributed by atoms with Crippen molar-refractivity contribution in [3.63, 3.8) is 0 Å². The third kappa shape index (κ3) is 6.62. The number of carbonyl (C=O) groups excluding carboxylic acids is 1. The van der Waals surface area contributed by atoms with Gasteiger partial charge in [0, 0.05) is 24.2 Å². The zero-order valence-electron chi connectivity index (χ0n) is 12.9. The summed E-state index contributed by atoms with van der Waals surface area (Å²) in [5.74, 6) is 0.0476.